The number of nitrogens with two attached hydrogens (primary N) is 2. The summed E-state index contributed by atoms with van der Waals surface area (Å²) < 4.78 is 0. The van der Waals surface area contributed by atoms with E-state index in [1.165, 1.54) is 18.4 Å². The van der Waals surface area contributed by atoms with Crippen molar-refractivity contribution in [3.8, 4) is 0 Å². The number of benzene rings is 1. The zero-order valence-electron chi connectivity index (χ0n) is 11.7. The smallest absolute Gasteiger partial charge is 0.159 e. The van der Waals surface area contributed by atoms with Crippen LogP contribution in [0.2, 0.25) is 0 Å². The monoisotopic (exact) mass is 335 g/mol. The van der Waals surface area contributed by atoms with Gasteiger partial charge in [-0.25, -0.2) is 4.99 Å². The first kappa shape index (κ1) is 19.6. The molecule has 20 heavy (non-hydrogen) atoms. The Bertz CT molecular complexity index is 446. The van der Waals surface area contributed by atoms with E-state index in [4.69, 9.17) is 11.5 Å². The number of amidine groups is 1. The molecule has 1 saturated carbocycles. The van der Waals surface area contributed by atoms with Gasteiger partial charge in [-0.3, -0.25) is 0 Å². The first-order valence-corrected chi connectivity index (χ1v) is 7.49. The number of hydrogen-bond donors (Lipinski definition) is 2. The Kier molecular flexibility index (Phi) is 8.59. The number of thioether (sulfide) groups is 1. The van der Waals surface area contributed by atoms with Gasteiger partial charge in [0.25, 0.3) is 0 Å². The molecule has 0 radical (unpaired) electrons. The van der Waals surface area contributed by atoms with E-state index in [-0.39, 0.29) is 30.4 Å². The Balaban J connectivity index is 0.00000180. The van der Waals surface area contributed by atoms with E-state index in [1.807, 2.05) is 12.1 Å². The maximum atomic E-state index is 6.45. The summed E-state index contributed by atoms with van der Waals surface area (Å²) in [5, 5.41) is 0.618. The minimum absolute atomic E-state index is 0. The normalized spacial score (nSPS) is 17.2. The number of hydrogen-bond acceptors (Lipinski definition) is 3. The summed E-state index contributed by atoms with van der Waals surface area (Å²) in [5.41, 5.74) is 14.2. The molecule has 1 aliphatic carbocycles. The number of aliphatic imine (C=N–C) groups is 1. The van der Waals surface area contributed by atoms with E-state index in [0.29, 0.717) is 5.17 Å². The second-order valence-electron chi connectivity index (χ2n) is 4.80. The summed E-state index contributed by atoms with van der Waals surface area (Å²) >= 11 is 1.56. The van der Waals surface area contributed by atoms with Crippen molar-refractivity contribution in [3.05, 3.63) is 29.8 Å². The fraction of sp³-hybridized carbons (Fsp3) is 0.500. The van der Waals surface area contributed by atoms with Gasteiger partial charge < -0.3 is 11.5 Å². The van der Waals surface area contributed by atoms with Crippen molar-refractivity contribution in [3.63, 3.8) is 0 Å². The van der Waals surface area contributed by atoms with Gasteiger partial charge in [0.15, 0.2) is 5.17 Å². The minimum atomic E-state index is -0.155. The molecule has 0 heterocycles. The Morgan fingerprint density at radius 1 is 1.30 bits per heavy atom. The standard InChI is InChI=1S/C14H21N3S.2ClH/c1-2-18-13(15)17-12-7-5-6-11(10-12)14(16)8-3-4-9-14;;/h5-7,10H,2-4,8-9,16H2,1H3,(H2,15,17);2*1H. The number of nitrogens with zero attached hydrogens (tertiary/aromatic N) is 1. The fourth-order valence-corrected chi connectivity index (χ4v) is 2.95. The highest BCUT2D eigenvalue weighted by molar-refractivity contribution is 8.13. The number of halogens is 2. The molecular formula is C14H23Cl2N3S. The quantitative estimate of drug-likeness (QED) is 0.649. The highest BCUT2D eigenvalue weighted by Crippen LogP contribution is 2.37. The molecule has 1 fully saturated rings. The summed E-state index contributed by atoms with van der Waals surface area (Å²) in [4.78, 5) is 4.41. The molecule has 0 spiro atoms. The van der Waals surface area contributed by atoms with Crippen LogP contribution in [0.25, 0.3) is 0 Å². The molecule has 0 aliphatic heterocycles. The van der Waals surface area contributed by atoms with Gasteiger partial charge in [0.1, 0.15) is 0 Å². The Morgan fingerprint density at radius 2 is 1.95 bits per heavy atom. The topological polar surface area (TPSA) is 64.4 Å². The second kappa shape index (κ2) is 8.78. The van der Waals surface area contributed by atoms with Crippen molar-refractivity contribution in [1.29, 1.82) is 0 Å². The van der Waals surface area contributed by atoms with Gasteiger partial charge in [-0.05, 0) is 36.3 Å². The third-order valence-corrected chi connectivity index (χ3v) is 4.12. The molecule has 1 aliphatic rings. The largest absolute Gasteiger partial charge is 0.378 e. The minimum Gasteiger partial charge on any atom is -0.378 e. The van der Waals surface area contributed by atoms with E-state index in [1.54, 1.807) is 11.8 Å². The lowest BCUT2D eigenvalue weighted by atomic mass is 9.89. The van der Waals surface area contributed by atoms with Crippen LogP contribution < -0.4 is 11.5 Å². The van der Waals surface area contributed by atoms with Gasteiger partial charge >= 0.3 is 0 Å². The van der Waals surface area contributed by atoms with E-state index < -0.39 is 0 Å². The van der Waals surface area contributed by atoms with E-state index in [9.17, 15) is 0 Å². The van der Waals surface area contributed by atoms with Crippen LogP contribution in [0.1, 0.15) is 38.2 Å². The van der Waals surface area contributed by atoms with Crippen LogP contribution in [-0.2, 0) is 5.54 Å². The Labute approximate surface area is 137 Å². The van der Waals surface area contributed by atoms with Crippen molar-refractivity contribution < 1.29 is 0 Å². The van der Waals surface area contributed by atoms with Crippen LogP contribution in [-0.4, -0.2) is 10.9 Å². The molecule has 0 bridgehead atoms. The Hall–Kier alpha value is -0.420. The second-order valence-corrected chi connectivity index (χ2v) is 6.08. The van der Waals surface area contributed by atoms with E-state index in [0.717, 1.165) is 24.3 Å². The maximum Gasteiger partial charge on any atom is 0.159 e. The van der Waals surface area contributed by atoms with E-state index in [2.05, 4.69) is 24.0 Å². The van der Waals surface area contributed by atoms with Crippen LogP contribution in [0.15, 0.2) is 29.3 Å². The molecule has 6 heteroatoms. The van der Waals surface area contributed by atoms with Crippen LogP contribution >= 0.6 is 36.6 Å². The van der Waals surface area contributed by atoms with Crippen molar-refractivity contribution in [2.75, 3.05) is 5.75 Å². The van der Waals surface area contributed by atoms with Crippen LogP contribution in [0.3, 0.4) is 0 Å². The predicted molar refractivity (Wildman–Crippen MR) is 94.7 cm³/mol. The Morgan fingerprint density at radius 3 is 2.55 bits per heavy atom. The molecule has 1 aromatic rings. The zero-order valence-corrected chi connectivity index (χ0v) is 14.1. The molecule has 0 aromatic heterocycles. The van der Waals surface area contributed by atoms with Gasteiger partial charge in [-0.2, -0.15) is 0 Å². The van der Waals surface area contributed by atoms with Gasteiger partial charge in [0.05, 0.1) is 5.69 Å². The van der Waals surface area contributed by atoms with Crippen molar-refractivity contribution in [1.82, 2.24) is 0 Å². The van der Waals surface area contributed by atoms with Crippen molar-refractivity contribution >= 4 is 47.4 Å². The van der Waals surface area contributed by atoms with Gasteiger partial charge in [-0.1, -0.05) is 43.7 Å². The first-order valence-electron chi connectivity index (χ1n) is 6.50. The molecule has 3 nitrogen and oxygen atoms in total. The molecular weight excluding hydrogens is 313 g/mol. The molecule has 114 valence electrons. The molecule has 1 aromatic carbocycles. The first-order chi connectivity index (χ1) is 8.64. The van der Waals surface area contributed by atoms with Gasteiger partial charge in [-0.15, -0.1) is 24.8 Å². The lowest BCUT2D eigenvalue weighted by Gasteiger charge is -2.24. The summed E-state index contributed by atoms with van der Waals surface area (Å²) in [5.74, 6) is 0.940. The van der Waals surface area contributed by atoms with Crippen LogP contribution in [0.5, 0.6) is 0 Å². The van der Waals surface area contributed by atoms with Crippen LogP contribution in [0.4, 0.5) is 5.69 Å². The van der Waals surface area contributed by atoms with Crippen molar-refractivity contribution in [2.24, 2.45) is 16.5 Å². The lowest BCUT2D eigenvalue weighted by molar-refractivity contribution is 0.462. The zero-order chi connectivity index (χ0) is 13.0. The molecule has 0 unspecified atom stereocenters. The summed E-state index contributed by atoms with van der Waals surface area (Å²) in [6, 6.07) is 8.18. The van der Waals surface area contributed by atoms with Gasteiger partial charge in [0.2, 0.25) is 0 Å². The fourth-order valence-electron chi connectivity index (χ4n) is 2.49. The highest BCUT2D eigenvalue weighted by Gasteiger charge is 2.31. The maximum absolute atomic E-state index is 6.45. The molecule has 0 saturated heterocycles. The van der Waals surface area contributed by atoms with Crippen LogP contribution in [0, 0.1) is 0 Å². The SMILES string of the molecule is CCSC(N)=Nc1cccc(C2(N)CCCC2)c1.Cl.Cl. The summed E-state index contributed by atoms with van der Waals surface area (Å²) in [7, 11) is 0. The van der Waals surface area contributed by atoms with Gasteiger partial charge in [0, 0.05) is 5.54 Å². The third-order valence-electron chi connectivity index (χ3n) is 3.45. The average Bonchev–Trinajstić information content (AvgIpc) is 2.78. The summed E-state index contributed by atoms with van der Waals surface area (Å²) in [6.45, 7) is 2.07. The molecule has 4 N–H and O–H groups in total. The highest BCUT2D eigenvalue weighted by atomic mass is 35.5. The molecule has 2 rings (SSSR count). The van der Waals surface area contributed by atoms with E-state index >= 15 is 0 Å². The molecule has 0 atom stereocenters. The summed E-state index contributed by atoms with van der Waals surface area (Å²) in [6.07, 6.45) is 4.58. The molecule has 0 amide bonds. The average molecular weight is 336 g/mol. The lowest BCUT2D eigenvalue weighted by Crippen LogP contribution is -2.32. The predicted octanol–water partition coefficient (Wildman–Crippen LogP) is 3.96. The third kappa shape index (κ3) is 4.85. The number of rotatable bonds is 3. The van der Waals surface area contributed by atoms with Crippen molar-refractivity contribution in [2.45, 2.75) is 38.1 Å².